The number of anilines is 3. The molecule has 0 unspecified atom stereocenters. The third-order valence-corrected chi connectivity index (χ3v) is 4.09. The van der Waals surface area contributed by atoms with Crippen LogP contribution in [0.25, 0.3) is 0 Å². The van der Waals surface area contributed by atoms with Crippen molar-refractivity contribution in [2.75, 3.05) is 24.2 Å². The Hall–Kier alpha value is -3.75. The molecule has 3 aromatic rings. The first kappa shape index (κ1) is 15.5. The van der Waals surface area contributed by atoms with E-state index in [4.69, 9.17) is 18.9 Å². The summed E-state index contributed by atoms with van der Waals surface area (Å²) in [5.74, 6) is 3.91. The lowest BCUT2D eigenvalue weighted by Crippen LogP contribution is -2.06. The highest BCUT2D eigenvalue weighted by Gasteiger charge is 2.14. The molecule has 1 aromatic heterocycles. The monoisotopic (exact) mass is 365 g/mol. The Morgan fingerprint density at radius 2 is 1.59 bits per heavy atom. The molecule has 2 aliphatic heterocycles. The second-order valence-electron chi connectivity index (χ2n) is 5.90. The van der Waals surface area contributed by atoms with Crippen molar-refractivity contribution >= 4 is 17.5 Å². The van der Waals surface area contributed by atoms with Gasteiger partial charge in [0.25, 0.3) is 0 Å². The van der Waals surface area contributed by atoms with Crippen molar-refractivity contribution in [3.05, 3.63) is 48.2 Å². The Morgan fingerprint density at radius 1 is 0.852 bits per heavy atom. The van der Waals surface area contributed by atoms with Gasteiger partial charge in [-0.05, 0) is 29.8 Å². The van der Waals surface area contributed by atoms with Crippen molar-refractivity contribution in [3.8, 4) is 23.0 Å². The van der Waals surface area contributed by atoms with E-state index in [1.807, 2.05) is 36.4 Å². The molecule has 0 saturated heterocycles. The number of nitrogens with zero attached hydrogens (tertiary/aromatic N) is 3. The van der Waals surface area contributed by atoms with Crippen LogP contribution in [0.15, 0.2) is 42.6 Å². The zero-order chi connectivity index (χ0) is 18.1. The van der Waals surface area contributed by atoms with E-state index in [9.17, 15) is 0 Å². The number of rotatable bonds is 5. The van der Waals surface area contributed by atoms with Crippen molar-refractivity contribution < 1.29 is 18.9 Å². The van der Waals surface area contributed by atoms with Gasteiger partial charge in [0.1, 0.15) is 0 Å². The maximum Gasteiger partial charge on any atom is 0.244 e. The zero-order valence-corrected chi connectivity index (χ0v) is 14.1. The molecule has 0 radical (unpaired) electrons. The average molecular weight is 365 g/mol. The Balaban J connectivity index is 1.26. The van der Waals surface area contributed by atoms with Gasteiger partial charge in [-0.25, -0.2) is 0 Å². The molecule has 0 atom stereocenters. The maximum absolute atomic E-state index is 5.39. The molecule has 27 heavy (non-hydrogen) atoms. The summed E-state index contributed by atoms with van der Waals surface area (Å²) in [5.41, 5.74) is 1.85. The van der Waals surface area contributed by atoms with Crippen molar-refractivity contribution in [2.45, 2.75) is 6.54 Å². The van der Waals surface area contributed by atoms with E-state index in [1.54, 1.807) is 6.20 Å². The Bertz CT molecular complexity index is 997. The normalized spacial score (nSPS) is 13.5. The number of hydrogen-bond acceptors (Lipinski definition) is 9. The molecule has 2 N–H and O–H groups in total. The topological polar surface area (TPSA) is 99.7 Å². The first-order valence-electron chi connectivity index (χ1n) is 8.32. The predicted molar refractivity (Wildman–Crippen MR) is 95.6 cm³/mol. The van der Waals surface area contributed by atoms with Gasteiger partial charge < -0.3 is 29.6 Å². The number of fused-ring (bicyclic) bond motifs is 2. The second-order valence-corrected chi connectivity index (χ2v) is 5.90. The van der Waals surface area contributed by atoms with E-state index in [2.05, 4.69) is 25.8 Å². The van der Waals surface area contributed by atoms with Gasteiger partial charge >= 0.3 is 0 Å². The fourth-order valence-electron chi connectivity index (χ4n) is 2.79. The van der Waals surface area contributed by atoms with Gasteiger partial charge in [-0.15, -0.1) is 5.10 Å². The number of aromatic nitrogens is 3. The van der Waals surface area contributed by atoms with Gasteiger partial charge in [-0.3, -0.25) is 0 Å². The van der Waals surface area contributed by atoms with Gasteiger partial charge in [0.2, 0.25) is 19.5 Å². The Labute approximate surface area is 154 Å². The van der Waals surface area contributed by atoms with E-state index in [-0.39, 0.29) is 13.6 Å². The lowest BCUT2D eigenvalue weighted by molar-refractivity contribution is 0.173. The van der Waals surface area contributed by atoms with Crippen LogP contribution in [0.2, 0.25) is 0 Å². The first-order chi connectivity index (χ1) is 13.3. The molecule has 0 saturated carbocycles. The molecule has 5 rings (SSSR count). The highest BCUT2D eigenvalue weighted by atomic mass is 16.7. The fraction of sp³-hybridized carbons (Fsp3) is 0.167. The molecular weight excluding hydrogens is 350 g/mol. The minimum absolute atomic E-state index is 0.238. The lowest BCUT2D eigenvalue weighted by Gasteiger charge is -2.08. The largest absolute Gasteiger partial charge is 0.454 e. The highest BCUT2D eigenvalue weighted by molar-refractivity contribution is 5.61. The Kier molecular flexibility index (Phi) is 3.74. The molecule has 0 bridgehead atoms. The standard InChI is InChI=1S/C18H15N5O4/c1-3-13-15(26-9-24-13)5-11(1)7-19-18-22-17(8-20-23-18)21-12-2-4-14-16(6-12)27-10-25-14/h1-6,8H,7,9-10H2,(H2,19,21,22,23). The molecule has 2 aromatic carbocycles. The van der Waals surface area contributed by atoms with Crippen LogP contribution in [-0.2, 0) is 6.54 Å². The molecule has 136 valence electrons. The lowest BCUT2D eigenvalue weighted by atomic mass is 10.2. The molecule has 0 spiro atoms. The Morgan fingerprint density at radius 3 is 2.44 bits per heavy atom. The minimum atomic E-state index is 0.238. The zero-order valence-electron chi connectivity index (χ0n) is 14.1. The summed E-state index contributed by atoms with van der Waals surface area (Å²) in [6.45, 7) is 1.03. The van der Waals surface area contributed by atoms with E-state index < -0.39 is 0 Å². The van der Waals surface area contributed by atoms with Crippen LogP contribution in [-0.4, -0.2) is 28.8 Å². The third kappa shape index (κ3) is 3.22. The van der Waals surface area contributed by atoms with Crippen LogP contribution >= 0.6 is 0 Å². The SMILES string of the molecule is c1cc2c(cc1CNc1nncc(Nc3ccc4c(c3)OCO4)n1)OCO2. The smallest absolute Gasteiger partial charge is 0.244 e. The highest BCUT2D eigenvalue weighted by Crippen LogP contribution is 2.35. The van der Waals surface area contributed by atoms with Crippen LogP contribution < -0.4 is 29.6 Å². The molecule has 9 nitrogen and oxygen atoms in total. The summed E-state index contributed by atoms with van der Waals surface area (Å²) >= 11 is 0. The number of hydrogen-bond donors (Lipinski definition) is 2. The summed E-state index contributed by atoms with van der Waals surface area (Å²) in [5, 5.41) is 14.3. The third-order valence-electron chi connectivity index (χ3n) is 4.09. The molecule has 2 aliphatic rings. The van der Waals surface area contributed by atoms with E-state index in [0.717, 1.165) is 28.5 Å². The number of benzene rings is 2. The average Bonchev–Trinajstić information content (AvgIpc) is 3.35. The molecule has 0 fully saturated rings. The van der Waals surface area contributed by atoms with Gasteiger partial charge in [0.15, 0.2) is 28.8 Å². The first-order valence-corrected chi connectivity index (χ1v) is 8.32. The van der Waals surface area contributed by atoms with Crippen LogP contribution in [0, 0.1) is 0 Å². The van der Waals surface area contributed by atoms with E-state index in [0.29, 0.717) is 24.1 Å². The van der Waals surface area contributed by atoms with Crippen LogP contribution in [0.5, 0.6) is 23.0 Å². The van der Waals surface area contributed by atoms with Gasteiger partial charge in [-0.2, -0.15) is 10.1 Å². The molecular formula is C18H15N5O4. The van der Waals surface area contributed by atoms with Gasteiger partial charge in [0.05, 0.1) is 6.20 Å². The second kappa shape index (κ2) is 6.52. The predicted octanol–water partition coefficient (Wildman–Crippen LogP) is 2.68. The summed E-state index contributed by atoms with van der Waals surface area (Å²) in [7, 11) is 0. The summed E-state index contributed by atoms with van der Waals surface area (Å²) in [4.78, 5) is 4.43. The number of ether oxygens (including phenoxy) is 4. The molecule has 3 heterocycles. The quantitative estimate of drug-likeness (QED) is 0.707. The molecule has 0 amide bonds. The fourth-order valence-corrected chi connectivity index (χ4v) is 2.79. The molecule has 0 aliphatic carbocycles. The summed E-state index contributed by atoms with van der Waals surface area (Å²) in [6, 6.07) is 11.4. The number of nitrogens with one attached hydrogen (secondary N) is 2. The van der Waals surface area contributed by atoms with E-state index in [1.165, 1.54) is 0 Å². The van der Waals surface area contributed by atoms with Crippen molar-refractivity contribution in [3.63, 3.8) is 0 Å². The van der Waals surface area contributed by atoms with Gasteiger partial charge in [0, 0.05) is 18.3 Å². The maximum atomic E-state index is 5.39. The summed E-state index contributed by atoms with van der Waals surface area (Å²) < 4.78 is 21.4. The van der Waals surface area contributed by atoms with Crippen molar-refractivity contribution in [2.24, 2.45) is 0 Å². The van der Waals surface area contributed by atoms with Gasteiger partial charge in [-0.1, -0.05) is 6.07 Å². The van der Waals surface area contributed by atoms with Crippen molar-refractivity contribution in [1.82, 2.24) is 15.2 Å². The van der Waals surface area contributed by atoms with E-state index >= 15 is 0 Å². The summed E-state index contributed by atoms with van der Waals surface area (Å²) in [6.07, 6.45) is 1.55. The van der Waals surface area contributed by atoms with Crippen LogP contribution in [0.1, 0.15) is 5.56 Å². The molecule has 9 heteroatoms. The van der Waals surface area contributed by atoms with Crippen molar-refractivity contribution in [1.29, 1.82) is 0 Å². The minimum Gasteiger partial charge on any atom is -0.454 e. The van der Waals surface area contributed by atoms with Crippen LogP contribution in [0.4, 0.5) is 17.5 Å². The van der Waals surface area contributed by atoms with Crippen LogP contribution in [0.3, 0.4) is 0 Å².